The quantitative estimate of drug-likeness (QED) is 0.417. The van der Waals surface area contributed by atoms with Gasteiger partial charge in [0.05, 0.1) is 6.61 Å². The van der Waals surface area contributed by atoms with Crippen molar-refractivity contribution in [2.75, 3.05) is 47.6 Å². The number of aliphatic hydroxyl groups excluding tert-OH is 2. The van der Waals surface area contributed by atoms with Crippen molar-refractivity contribution in [1.82, 2.24) is 4.90 Å². The summed E-state index contributed by atoms with van der Waals surface area (Å²) in [4.78, 5) is 22.3. The fraction of sp³-hybridized carbons (Fsp3) is 0.857. The summed E-state index contributed by atoms with van der Waals surface area (Å²) in [5, 5.41) is 24.4. The van der Waals surface area contributed by atoms with E-state index in [0.29, 0.717) is 13.0 Å². The Balaban J connectivity index is -0.000000240. The third-order valence-corrected chi connectivity index (χ3v) is 1.93. The van der Waals surface area contributed by atoms with Crippen molar-refractivity contribution < 1.29 is 29.6 Å². The molecule has 3 N–H and O–H groups in total. The van der Waals surface area contributed by atoms with Crippen LogP contribution in [0.4, 0.5) is 0 Å². The minimum atomic E-state index is -1.03. The van der Waals surface area contributed by atoms with Crippen LogP contribution in [0.15, 0.2) is 0 Å². The van der Waals surface area contributed by atoms with Gasteiger partial charge in [0, 0.05) is 33.3 Å². The van der Waals surface area contributed by atoms with Gasteiger partial charge in [-0.3, -0.25) is 9.59 Å². The lowest BCUT2D eigenvalue weighted by Gasteiger charge is -2.03. The molecule has 0 heterocycles. The van der Waals surface area contributed by atoms with Crippen LogP contribution in [-0.4, -0.2) is 79.5 Å². The Hall–Kier alpha value is -1.02. The fourth-order valence-corrected chi connectivity index (χ4v) is 0.945. The highest BCUT2D eigenvalue weighted by Gasteiger charge is 2.04. The minimum Gasteiger partial charge on any atom is -0.481 e. The number of carboxylic acids is 1. The number of aliphatic carboxylic acids is 1. The lowest BCUT2D eigenvalue weighted by atomic mass is 10.2. The van der Waals surface area contributed by atoms with Gasteiger partial charge in [0.1, 0.15) is 12.2 Å². The standard InChI is InChI=1S/C6H10O3.C4H11NO.C4H10O2/c1-2-3-5(7)4-6(8)9;1-5(2)3-4-6;1-6-4-2-3-5/h2-4H2,1H3,(H,8,9);6H,3-4H2,1-2H3;5H,2-4H2,1H3. The van der Waals surface area contributed by atoms with E-state index in [0.717, 1.165) is 19.4 Å². The Morgan fingerprint density at radius 1 is 1.14 bits per heavy atom. The molecule has 128 valence electrons. The van der Waals surface area contributed by atoms with Crippen LogP contribution in [0.1, 0.15) is 32.6 Å². The van der Waals surface area contributed by atoms with Gasteiger partial charge in [-0.2, -0.15) is 0 Å². The zero-order valence-corrected chi connectivity index (χ0v) is 13.7. The monoisotopic (exact) mass is 309 g/mol. The third-order valence-electron chi connectivity index (χ3n) is 1.93. The molecule has 0 aromatic rings. The van der Waals surface area contributed by atoms with Gasteiger partial charge in [-0.05, 0) is 26.9 Å². The SMILES string of the molecule is CCCC(=O)CC(=O)O.CN(C)CCO.COCCCO. The van der Waals surface area contributed by atoms with Gasteiger partial charge < -0.3 is 25.0 Å². The highest BCUT2D eigenvalue weighted by molar-refractivity contribution is 5.94. The molecule has 0 fully saturated rings. The van der Waals surface area contributed by atoms with Gasteiger partial charge in [-0.15, -0.1) is 0 Å². The van der Waals surface area contributed by atoms with E-state index in [1.165, 1.54) is 0 Å². The van der Waals surface area contributed by atoms with Crippen molar-refractivity contribution in [3.8, 4) is 0 Å². The fourth-order valence-electron chi connectivity index (χ4n) is 0.945. The lowest BCUT2D eigenvalue weighted by molar-refractivity contribution is -0.140. The Labute approximate surface area is 127 Å². The van der Waals surface area contributed by atoms with Crippen LogP contribution in [0.5, 0.6) is 0 Å². The van der Waals surface area contributed by atoms with E-state index in [2.05, 4.69) is 4.74 Å². The van der Waals surface area contributed by atoms with Crippen molar-refractivity contribution in [3.63, 3.8) is 0 Å². The molecule has 0 aliphatic rings. The van der Waals surface area contributed by atoms with Gasteiger partial charge in [0.25, 0.3) is 0 Å². The molecule has 0 spiro atoms. The van der Waals surface area contributed by atoms with E-state index in [4.69, 9.17) is 15.3 Å². The largest absolute Gasteiger partial charge is 0.481 e. The molecule has 7 heteroatoms. The van der Waals surface area contributed by atoms with E-state index in [9.17, 15) is 9.59 Å². The number of ketones is 1. The maximum Gasteiger partial charge on any atom is 0.310 e. The van der Waals surface area contributed by atoms with Crippen LogP contribution in [-0.2, 0) is 14.3 Å². The Morgan fingerprint density at radius 2 is 1.71 bits per heavy atom. The Kier molecular flexibility index (Phi) is 25.3. The topological polar surface area (TPSA) is 107 Å². The summed E-state index contributed by atoms with van der Waals surface area (Å²) in [7, 11) is 5.47. The summed E-state index contributed by atoms with van der Waals surface area (Å²) in [5.74, 6) is -1.22. The van der Waals surface area contributed by atoms with Gasteiger partial charge >= 0.3 is 5.97 Å². The molecular weight excluding hydrogens is 278 g/mol. The van der Waals surface area contributed by atoms with Gasteiger partial charge in [0.15, 0.2) is 0 Å². The van der Waals surface area contributed by atoms with Crippen LogP contribution in [0.2, 0.25) is 0 Å². The molecule has 0 radical (unpaired) electrons. The zero-order valence-electron chi connectivity index (χ0n) is 13.7. The number of aliphatic hydroxyl groups is 2. The number of nitrogens with zero attached hydrogens (tertiary/aromatic N) is 1. The second-order valence-corrected chi connectivity index (χ2v) is 4.46. The molecule has 0 atom stereocenters. The number of carbonyl (C=O) groups excluding carboxylic acids is 1. The first-order valence-electron chi connectivity index (χ1n) is 6.94. The number of hydrogen-bond donors (Lipinski definition) is 3. The van der Waals surface area contributed by atoms with Crippen molar-refractivity contribution in [2.24, 2.45) is 0 Å². The van der Waals surface area contributed by atoms with E-state index in [-0.39, 0.29) is 25.4 Å². The summed E-state index contributed by atoms with van der Waals surface area (Å²) in [6.45, 7) is 3.76. The maximum absolute atomic E-state index is 10.5. The number of hydrogen-bond acceptors (Lipinski definition) is 6. The molecule has 0 aliphatic carbocycles. The summed E-state index contributed by atoms with van der Waals surface area (Å²) in [6.07, 6.45) is 1.53. The molecule has 0 bridgehead atoms. The molecule has 0 aliphatic heterocycles. The van der Waals surface area contributed by atoms with Crippen molar-refractivity contribution in [1.29, 1.82) is 0 Å². The van der Waals surface area contributed by atoms with Crippen molar-refractivity contribution >= 4 is 11.8 Å². The number of likely N-dealkylation sites (N-methyl/N-ethyl adjacent to an activating group) is 1. The first-order chi connectivity index (χ1) is 9.85. The van der Waals surface area contributed by atoms with Gasteiger partial charge in [0.2, 0.25) is 0 Å². The predicted molar refractivity (Wildman–Crippen MR) is 81.4 cm³/mol. The summed E-state index contributed by atoms with van der Waals surface area (Å²) < 4.78 is 4.62. The molecule has 0 rings (SSSR count). The Bertz CT molecular complexity index is 230. The lowest BCUT2D eigenvalue weighted by Crippen LogP contribution is -2.15. The van der Waals surface area contributed by atoms with Crippen LogP contribution < -0.4 is 0 Å². The number of rotatable bonds is 9. The average Bonchev–Trinajstić information content (AvgIpc) is 2.37. The number of methoxy groups -OCH3 is 1. The molecule has 0 unspecified atom stereocenters. The van der Waals surface area contributed by atoms with Crippen LogP contribution >= 0.6 is 0 Å². The number of Topliss-reactive ketones (excluding diaryl/α,β-unsaturated/α-hetero) is 1. The van der Waals surface area contributed by atoms with E-state index < -0.39 is 5.97 Å². The Morgan fingerprint density at radius 3 is 1.90 bits per heavy atom. The van der Waals surface area contributed by atoms with Gasteiger partial charge in [-0.25, -0.2) is 0 Å². The summed E-state index contributed by atoms with van der Waals surface area (Å²) in [6, 6.07) is 0. The molecule has 7 nitrogen and oxygen atoms in total. The minimum absolute atomic E-state index is 0.190. The average molecular weight is 309 g/mol. The normalized spacial score (nSPS) is 9.29. The smallest absolute Gasteiger partial charge is 0.310 e. The first-order valence-corrected chi connectivity index (χ1v) is 6.94. The molecule has 0 aromatic heterocycles. The predicted octanol–water partition coefficient (Wildman–Crippen LogP) is 0.386. The second kappa shape index (κ2) is 21.3. The van der Waals surface area contributed by atoms with E-state index in [1.54, 1.807) is 7.11 Å². The number of carboxylic acid groups (broad SMARTS) is 1. The highest BCUT2D eigenvalue weighted by Crippen LogP contribution is 1.92. The molecular formula is C14H31NO6. The highest BCUT2D eigenvalue weighted by atomic mass is 16.5. The van der Waals surface area contributed by atoms with Crippen LogP contribution in [0.25, 0.3) is 0 Å². The summed E-state index contributed by atoms with van der Waals surface area (Å²) in [5.41, 5.74) is 0. The summed E-state index contributed by atoms with van der Waals surface area (Å²) >= 11 is 0. The maximum atomic E-state index is 10.5. The molecule has 21 heavy (non-hydrogen) atoms. The number of carbonyl (C=O) groups is 2. The van der Waals surface area contributed by atoms with Crippen LogP contribution in [0.3, 0.4) is 0 Å². The molecule has 0 amide bonds. The first kappa shape index (κ1) is 25.0. The second-order valence-electron chi connectivity index (χ2n) is 4.46. The van der Waals surface area contributed by atoms with Crippen molar-refractivity contribution in [3.05, 3.63) is 0 Å². The van der Waals surface area contributed by atoms with E-state index in [1.807, 2.05) is 25.9 Å². The molecule has 0 aromatic carbocycles. The van der Waals surface area contributed by atoms with E-state index >= 15 is 0 Å². The third kappa shape index (κ3) is 38.1. The number of ether oxygens (including phenoxy) is 1. The molecule has 0 saturated heterocycles. The van der Waals surface area contributed by atoms with Crippen LogP contribution in [0, 0.1) is 0 Å². The zero-order chi connectivity index (χ0) is 17.1. The van der Waals surface area contributed by atoms with Crippen molar-refractivity contribution in [2.45, 2.75) is 32.6 Å². The molecule has 0 saturated carbocycles. The van der Waals surface area contributed by atoms with Gasteiger partial charge in [-0.1, -0.05) is 6.92 Å².